The summed E-state index contributed by atoms with van der Waals surface area (Å²) >= 11 is 0. The third-order valence-corrected chi connectivity index (χ3v) is 11.1. The van der Waals surface area contributed by atoms with Crippen LogP contribution >= 0.6 is 0 Å². The number of alkyl carbamates (subject to hydrolysis) is 2. The van der Waals surface area contributed by atoms with Gasteiger partial charge >= 0.3 is 36.4 Å². The zero-order chi connectivity index (χ0) is 61.7. The van der Waals surface area contributed by atoms with Crippen molar-refractivity contribution in [2.75, 3.05) is 30.3 Å². The largest absolute Gasteiger partial charge is 0.514 e. The quantitative estimate of drug-likeness (QED) is 0.00989. The molecule has 0 fully saturated rings. The second-order valence-corrected chi connectivity index (χ2v) is 21.3. The lowest BCUT2D eigenvalue weighted by molar-refractivity contribution is -0.384. The van der Waals surface area contributed by atoms with Crippen molar-refractivity contribution < 1.29 is 71.8 Å². The average Bonchev–Trinajstić information content (AvgIpc) is 3.38. The van der Waals surface area contributed by atoms with E-state index in [0.29, 0.717) is 36.2 Å². The highest BCUT2D eigenvalue weighted by Gasteiger charge is 2.31. The Bertz CT molecular complexity index is 2590. The minimum Gasteiger partial charge on any atom is -0.461 e. The molecule has 0 radical (unpaired) electrons. The van der Waals surface area contributed by atoms with Crippen LogP contribution in [0.1, 0.15) is 113 Å². The van der Waals surface area contributed by atoms with Crippen LogP contribution in [-0.4, -0.2) is 114 Å². The molecule has 4 atom stereocenters. The number of rotatable bonds is 27. The number of nitrogens with one attached hydrogen (secondary N) is 8. The van der Waals surface area contributed by atoms with Crippen molar-refractivity contribution in [2.45, 2.75) is 150 Å². The number of primary amides is 2. The van der Waals surface area contributed by atoms with Crippen molar-refractivity contribution >= 4 is 71.2 Å². The summed E-state index contributed by atoms with van der Waals surface area (Å²) in [5.74, 6) is -1.94. The van der Waals surface area contributed by atoms with Gasteiger partial charge in [0.2, 0.25) is 17.7 Å². The van der Waals surface area contributed by atoms with E-state index in [9.17, 15) is 53.3 Å². The molecule has 3 aromatic carbocycles. The second kappa shape index (κ2) is 34.4. The monoisotopic (exact) mass is 1150 g/mol. The zero-order valence-electron chi connectivity index (χ0n) is 48.4. The molecule has 452 valence electrons. The van der Waals surface area contributed by atoms with E-state index in [4.69, 9.17) is 35.2 Å². The number of non-ortho nitro benzene ring substituents is 1. The molecular weight excluding hydrogens is 1070 g/mol. The number of nitro benzene ring substituents is 1. The van der Waals surface area contributed by atoms with E-state index in [1.807, 2.05) is 13.8 Å². The van der Waals surface area contributed by atoms with Gasteiger partial charge in [0, 0.05) is 56.1 Å². The maximum absolute atomic E-state index is 13.2. The Labute approximate surface area is 477 Å². The highest BCUT2D eigenvalue weighted by Crippen LogP contribution is 2.19. The van der Waals surface area contributed by atoms with E-state index in [1.165, 1.54) is 31.2 Å². The molecule has 27 heteroatoms. The maximum atomic E-state index is 13.2. The lowest BCUT2D eigenvalue weighted by Gasteiger charge is -2.28. The van der Waals surface area contributed by atoms with Crippen LogP contribution in [-0.2, 0) is 51.3 Å². The van der Waals surface area contributed by atoms with Crippen molar-refractivity contribution in [3.63, 3.8) is 0 Å². The SMILES string of the molecule is CC(=O)OCc1ccc(NC(=O)[C@H](CCCNC(N)=O)NC(=O)[C@@H](NC(=O)OC(C)(C)C)C(C)C)cc1.CC(C)[C@@H](CN[C@@H](CCCNC(N)=O)C(=O)Nc1ccc(COC(=O)Oc2ccc([N+](=O)[O-])cc2)cc1)NC(=O)OC(C)(C)C. The van der Waals surface area contributed by atoms with E-state index in [1.54, 1.807) is 104 Å². The van der Waals surface area contributed by atoms with Gasteiger partial charge in [-0.3, -0.25) is 29.3 Å². The number of carbonyl (C=O) groups is 9. The fraction of sp³-hybridized carbons (Fsp3) is 0.509. The Hall–Kier alpha value is -8.75. The first-order chi connectivity index (χ1) is 38.3. The summed E-state index contributed by atoms with van der Waals surface area (Å²) in [5, 5.41) is 32.6. The first kappa shape index (κ1) is 69.4. The number of hydrogen-bond acceptors (Lipinski definition) is 17. The normalized spacial score (nSPS) is 12.5. The topological polar surface area (TPSA) is 391 Å². The number of ether oxygens (including phenoxy) is 5. The number of benzene rings is 3. The van der Waals surface area contributed by atoms with Gasteiger partial charge in [-0.15, -0.1) is 0 Å². The summed E-state index contributed by atoms with van der Waals surface area (Å²) in [6, 6.07) is 14.0. The summed E-state index contributed by atoms with van der Waals surface area (Å²) in [7, 11) is 0. The van der Waals surface area contributed by atoms with Gasteiger partial charge in [-0.25, -0.2) is 24.0 Å². The highest BCUT2D eigenvalue weighted by atomic mass is 16.7. The zero-order valence-corrected chi connectivity index (χ0v) is 48.4. The smallest absolute Gasteiger partial charge is 0.461 e. The number of esters is 1. The van der Waals surface area contributed by atoms with Crippen molar-refractivity contribution in [3.05, 3.63) is 94.0 Å². The van der Waals surface area contributed by atoms with Crippen LogP contribution in [0, 0.1) is 22.0 Å². The fourth-order valence-electron chi connectivity index (χ4n) is 6.96. The van der Waals surface area contributed by atoms with Crippen LogP contribution in [0.25, 0.3) is 0 Å². The number of carbonyl (C=O) groups excluding carboxylic acids is 9. The first-order valence-corrected chi connectivity index (χ1v) is 26.4. The molecule has 0 aliphatic carbocycles. The third kappa shape index (κ3) is 30.0. The lowest BCUT2D eigenvalue weighted by atomic mass is 10.0. The average molecular weight is 1150 g/mol. The molecule has 12 N–H and O–H groups in total. The summed E-state index contributed by atoms with van der Waals surface area (Å²) in [5.41, 5.74) is 11.0. The highest BCUT2D eigenvalue weighted by molar-refractivity contribution is 5.98. The van der Waals surface area contributed by atoms with Gasteiger partial charge in [0.05, 0.1) is 11.0 Å². The van der Waals surface area contributed by atoms with Crippen LogP contribution in [0.2, 0.25) is 0 Å². The number of anilines is 2. The molecule has 0 aromatic heterocycles. The van der Waals surface area contributed by atoms with Gasteiger partial charge in [-0.05, 0) is 127 Å². The molecule has 0 aliphatic heterocycles. The van der Waals surface area contributed by atoms with Gasteiger partial charge in [0.1, 0.15) is 42.2 Å². The molecule has 0 saturated heterocycles. The first-order valence-electron chi connectivity index (χ1n) is 26.4. The van der Waals surface area contributed by atoms with Crippen LogP contribution < -0.4 is 58.7 Å². The van der Waals surface area contributed by atoms with E-state index in [-0.39, 0.29) is 74.5 Å². The molecular formula is C55H81N11O16. The molecule has 9 amide bonds. The molecule has 0 saturated carbocycles. The number of hydrogen-bond donors (Lipinski definition) is 10. The molecule has 3 rings (SSSR count). The van der Waals surface area contributed by atoms with Crippen molar-refractivity contribution in [2.24, 2.45) is 23.3 Å². The summed E-state index contributed by atoms with van der Waals surface area (Å²) in [6.45, 7) is 19.9. The predicted octanol–water partition coefficient (Wildman–Crippen LogP) is 6.38. The molecule has 0 spiro atoms. The summed E-state index contributed by atoms with van der Waals surface area (Å²) in [6.07, 6.45) is -0.908. The van der Waals surface area contributed by atoms with E-state index >= 15 is 0 Å². The Morgan fingerprint density at radius 2 is 1.04 bits per heavy atom. The van der Waals surface area contributed by atoms with Crippen molar-refractivity contribution in [3.8, 4) is 5.75 Å². The van der Waals surface area contributed by atoms with E-state index < -0.39 is 82.4 Å². The van der Waals surface area contributed by atoms with Gasteiger partial charge in [-0.2, -0.15) is 0 Å². The number of nitrogens with two attached hydrogens (primary N) is 2. The van der Waals surface area contributed by atoms with Crippen molar-refractivity contribution in [1.82, 2.24) is 31.9 Å². The van der Waals surface area contributed by atoms with Gasteiger partial charge in [-0.1, -0.05) is 52.0 Å². The van der Waals surface area contributed by atoms with E-state index in [0.717, 1.165) is 5.56 Å². The van der Waals surface area contributed by atoms with Gasteiger partial charge in [0.25, 0.3) is 5.69 Å². The molecule has 0 heterocycles. The van der Waals surface area contributed by atoms with Crippen LogP contribution in [0.15, 0.2) is 72.8 Å². The minimum atomic E-state index is -0.984. The maximum Gasteiger partial charge on any atom is 0.514 e. The predicted molar refractivity (Wildman–Crippen MR) is 303 cm³/mol. The summed E-state index contributed by atoms with van der Waals surface area (Å²) in [4.78, 5) is 119. The van der Waals surface area contributed by atoms with Crippen LogP contribution in [0.5, 0.6) is 5.75 Å². The Kier molecular flexibility index (Phi) is 29.1. The summed E-state index contributed by atoms with van der Waals surface area (Å²) < 4.78 is 25.7. The van der Waals surface area contributed by atoms with Crippen LogP contribution in [0.3, 0.4) is 0 Å². The Morgan fingerprint density at radius 3 is 1.46 bits per heavy atom. The Morgan fingerprint density at radius 1 is 0.585 bits per heavy atom. The van der Waals surface area contributed by atoms with Gasteiger partial charge < -0.3 is 77.7 Å². The van der Waals surface area contributed by atoms with E-state index in [2.05, 4.69) is 42.5 Å². The second-order valence-electron chi connectivity index (χ2n) is 21.3. The number of nitro groups is 1. The molecule has 82 heavy (non-hydrogen) atoms. The number of urea groups is 2. The fourth-order valence-corrected chi connectivity index (χ4v) is 6.96. The minimum absolute atomic E-state index is 0.0337. The lowest BCUT2D eigenvalue weighted by Crippen LogP contribution is -2.55. The molecule has 3 aromatic rings. The van der Waals surface area contributed by atoms with Crippen LogP contribution in [0.4, 0.5) is 41.0 Å². The van der Waals surface area contributed by atoms with Crippen molar-refractivity contribution in [1.29, 1.82) is 0 Å². The molecule has 0 aliphatic rings. The van der Waals surface area contributed by atoms with Gasteiger partial charge in [0.15, 0.2) is 0 Å². The third-order valence-electron chi connectivity index (χ3n) is 11.1. The number of amides is 9. The molecule has 0 bridgehead atoms. The molecule has 0 unspecified atom stereocenters. The molecule has 27 nitrogen and oxygen atoms in total. The standard InChI is InChI=1S/C30H42N6O9.C25H39N5O7/c1-19(2)25(35-28(39)45-30(3,4)5)17-33-24(7-6-16-32-27(31)38)26(37)34-21-10-8-20(9-11-21)18-43-29(40)44-23-14-12-22(13-15-23)36(41)42;1-15(2)20(30-24(35)37-25(4,5)6)22(33)29-19(8-7-13-27-23(26)34)21(32)28-18-11-9-17(10-12-18)14-36-16(3)31/h8-15,19,24-25,33H,6-7,16-18H2,1-5H3,(H,34,37)(H,35,39)(H3,31,32,38);9-12,15,19-20H,7-8,13-14H2,1-6H3,(H,28,32)(H,29,33)(H,30,35)(H3,26,27,34)/t24-,25+;19-,20-/m00/s1. The number of nitrogens with zero attached hydrogens (tertiary/aromatic N) is 1. The Balaban J connectivity index is 0.000000571.